The third kappa shape index (κ3) is 3.01. The molecule has 0 unspecified atom stereocenters. The molecule has 94 valence electrons. The topological polar surface area (TPSA) is 39.2 Å². The normalized spacial score (nSPS) is 12.3. The van der Waals surface area contributed by atoms with Crippen LogP contribution in [-0.2, 0) is 15.3 Å². The van der Waals surface area contributed by atoms with E-state index in [2.05, 4.69) is 11.1 Å². The zero-order valence-corrected chi connectivity index (χ0v) is 11.2. The van der Waals surface area contributed by atoms with Gasteiger partial charge in [-0.2, -0.15) is 0 Å². The molecule has 0 amide bonds. The number of para-hydroxylation sites is 1. The summed E-state index contributed by atoms with van der Waals surface area (Å²) in [4.78, 5) is 15.8. The first-order valence-electron chi connectivity index (χ1n) is 5.75. The molecule has 0 aliphatic heterocycles. The summed E-state index contributed by atoms with van der Waals surface area (Å²) in [6.07, 6.45) is 0. The lowest BCUT2D eigenvalue weighted by Gasteiger charge is -2.08. The first-order chi connectivity index (χ1) is 8.70. The number of carbonyl (C=O) groups is 1. The molecule has 1 aromatic carbocycles. The van der Waals surface area contributed by atoms with E-state index in [9.17, 15) is 4.79 Å². The van der Waals surface area contributed by atoms with Crippen molar-refractivity contribution in [2.45, 2.75) is 17.9 Å². The second-order valence-corrected chi connectivity index (χ2v) is 5.30. The summed E-state index contributed by atoms with van der Waals surface area (Å²) < 4.78 is 4.69. The van der Waals surface area contributed by atoms with Gasteiger partial charge in [0.05, 0.1) is 23.6 Å². The van der Waals surface area contributed by atoms with E-state index in [1.165, 1.54) is 18.9 Å². The molecule has 0 bridgehead atoms. The van der Waals surface area contributed by atoms with Crippen LogP contribution in [0.5, 0.6) is 0 Å². The van der Waals surface area contributed by atoms with E-state index in [-0.39, 0.29) is 11.2 Å². The lowest BCUT2D eigenvalue weighted by molar-refractivity contribution is -0.139. The average molecular weight is 261 g/mol. The van der Waals surface area contributed by atoms with Crippen LogP contribution >= 0.6 is 11.8 Å². The Kier molecular flexibility index (Phi) is 4.20. The van der Waals surface area contributed by atoms with Gasteiger partial charge in [0.1, 0.15) is 0 Å². The van der Waals surface area contributed by atoms with Crippen LogP contribution < -0.4 is 0 Å². The number of hydrogen-bond donors (Lipinski definition) is 0. The van der Waals surface area contributed by atoms with E-state index in [0.29, 0.717) is 5.75 Å². The minimum Gasteiger partial charge on any atom is -0.468 e. The third-order valence-corrected chi connectivity index (χ3v) is 3.83. The maximum absolute atomic E-state index is 11.3. The van der Waals surface area contributed by atoms with Crippen molar-refractivity contribution in [3.8, 4) is 0 Å². The number of rotatable bonds is 4. The molecule has 0 aliphatic rings. The number of nitrogens with zero attached hydrogens (tertiary/aromatic N) is 1. The summed E-state index contributed by atoms with van der Waals surface area (Å²) >= 11 is 1.53. The van der Waals surface area contributed by atoms with Gasteiger partial charge in [-0.15, -0.1) is 11.8 Å². The Morgan fingerprint density at radius 2 is 2.11 bits per heavy atom. The van der Waals surface area contributed by atoms with Crippen LogP contribution in [0.3, 0.4) is 0 Å². The van der Waals surface area contributed by atoms with E-state index in [4.69, 9.17) is 4.74 Å². The lowest BCUT2D eigenvalue weighted by Crippen LogP contribution is -2.14. The highest BCUT2D eigenvalue weighted by Crippen LogP contribution is 2.19. The predicted molar refractivity (Wildman–Crippen MR) is 74.5 cm³/mol. The van der Waals surface area contributed by atoms with Crippen molar-refractivity contribution < 1.29 is 9.53 Å². The first kappa shape index (κ1) is 12.9. The van der Waals surface area contributed by atoms with Crippen LogP contribution in [0.2, 0.25) is 0 Å². The summed E-state index contributed by atoms with van der Waals surface area (Å²) in [6, 6.07) is 12.1. The van der Waals surface area contributed by atoms with E-state index in [1.807, 2.05) is 37.3 Å². The predicted octanol–water partition coefficient (Wildman–Crippen LogP) is 3.03. The zero-order chi connectivity index (χ0) is 13.0. The van der Waals surface area contributed by atoms with Gasteiger partial charge in [0, 0.05) is 11.1 Å². The molecule has 0 radical (unpaired) electrons. The monoisotopic (exact) mass is 261 g/mol. The largest absolute Gasteiger partial charge is 0.468 e. The smallest absolute Gasteiger partial charge is 0.318 e. The van der Waals surface area contributed by atoms with Gasteiger partial charge < -0.3 is 4.74 Å². The molecule has 1 aromatic heterocycles. The van der Waals surface area contributed by atoms with Gasteiger partial charge in [-0.3, -0.25) is 9.78 Å². The molecule has 0 N–H and O–H groups in total. The molecule has 0 aliphatic carbocycles. The Bertz CT molecular complexity index is 556. The highest BCUT2D eigenvalue weighted by molar-refractivity contribution is 7.99. The molecule has 1 atom stereocenters. The van der Waals surface area contributed by atoms with Crippen molar-refractivity contribution in [3.63, 3.8) is 0 Å². The number of fused-ring (bicyclic) bond motifs is 1. The molecular weight excluding hydrogens is 246 g/mol. The van der Waals surface area contributed by atoms with E-state index in [1.54, 1.807) is 0 Å². The van der Waals surface area contributed by atoms with Crippen molar-refractivity contribution in [1.29, 1.82) is 0 Å². The summed E-state index contributed by atoms with van der Waals surface area (Å²) in [6.45, 7) is 1.84. The Morgan fingerprint density at radius 3 is 2.89 bits per heavy atom. The fourth-order valence-electron chi connectivity index (χ4n) is 1.63. The Labute approximate surface area is 111 Å². The van der Waals surface area contributed by atoms with Gasteiger partial charge in [0.15, 0.2) is 0 Å². The molecular formula is C14H15NO2S. The Hall–Kier alpha value is -1.55. The second kappa shape index (κ2) is 5.87. The first-order valence-corrected chi connectivity index (χ1v) is 6.79. The number of ether oxygens (including phenoxy) is 1. The minimum absolute atomic E-state index is 0.164. The van der Waals surface area contributed by atoms with E-state index < -0.39 is 0 Å². The summed E-state index contributed by atoms with van der Waals surface area (Å²) in [7, 11) is 1.41. The highest BCUT2D eigenvalue weighted by Gasteiger charge is 2.13. The van der Waals surface area contributed by atoms with Crippen LogP contribution in [0.1, 0.15) is 12.6 Å². The fraction of sp³-hybridized carbons (Fsp3) is 0.286. The zero-order valence-electron chi connectivity index (χ0n) is 10.4. The number of hydrogen-bond acceptors (Lipinski definition) is 4. The maximum atomic E-state index is 11.3. The number of thioether (sulfide) groups is 1. The van der Waals surface area contributed by atoms with Crippen LogP contribution in [-0.4, -0.2) is 23.3 Å². The highest BCUT2D eigenvalue weighted by atomic mass is 32.2. The minimum atomic E-state index is -0.194. The summed E-state index contributed by atoms with van der Waals surface area (Å²) in [5.74, 6) is 0.516. The van der Waals surface area contributed by atoms with E-state index in [0.717, 1.165) is 16.6 Å². The van der Waals surface area contributed by atoms with Crippen LogP contribution in [0.4, 0.5) is 0 Å². The lowest BCUT2D eigenvalue weighted by atomic mass is 10.2. The van der Waals surface area contributed by atoms with Crippen LogP contribution in [0.15, 0.2) is 36.4 Å². The van der Waals surface area contributed by atoms with Crippen LogP contribution in [0.25, 0.3) is 10.9 Å². The van der Waals surface area contributed by atoms with Crippen molar-refractivity contribution >= 4 is 28.6 Å². The fourth-order valence-corrected chi connectivity index (χ4v) is 2.45. The van der Waals surface area contributed by atoms with Gasteiger partial charge in [0.2, 0.25) is 0 Å². The maximum Gasteiger partial charge on any atom is 0.318 e. The number of aromatic nitrogens is 1. The Morgan fingerprint density at radius 1 is 1.33 bits per heavy atom. The molecule has 18 heavy (non-hydrogen) atoms. The standard InChI is InChI=1S/C14H15NO2S/c1-10(14(16)17-2)18-9-12-8-7-11-5-3-4-6-13(11)15-12/h3-8,10H,9H2,1-2H3/t10-/m0/s1. The number of benzene rings is 1. The molecule has 1 heterocycles. The molecule has 4 heteroatoms. The second-order valence-electron chi connectivity index (χ2n) is 3.97. The summed E-state index contributed by atoms with van der Waals surface area (Å²) in [5.41, 5.74) is 1.97. The van der Waals surface area contributed by atoms with Gasteiger partial charge in [-0.1, -0.05) is 24.3 Å². The average Bonchev–Trinajstić information content (AvgIpc) is 2.43. The molecule has 2 aromatic rings. The molecule has 0 saturated carbocycles. The van der Waals surface area contributed by atoms with Gasteiger partial charge in [-0.25, -0.2) is 0 Å². The Balaban J connectivity index is 2.06. The molecule has 0 fully saturated rings. The molecule has 3 nitrogen and oxygen atoms in total. The van der Waals surface area contributed by atoms with E-state index >= 15 is 0 Å². The molecule has 0 saturated heterocycles. The van der Waals surface area contributed by atoms with Gasteiger partial charge in [-0.05, 0) is 19.1 Å². The molecule has 0 spiro atoms. The van der Waals surface area contributed by atoms with Crippen molar-refractivity contribution in [3.05, 3.63) is 42.1 Å². The molecule has 2 rings (SSSR count). The number of pyridine rings is 1. The van der Waals surface area contributed by atoms with Gasteiger partial charge >= 0.3 is 5.97 Å². The van der Waals surface area contributed by atoms with Crippen LogP contribution in [0, 0.1) is 0 Å². The third-order valence-electron chi connectivity index (χ3n) is 2.67. The SMILES string of the molecule is COC(=O)[C@H](C)SCc1ccc2ccccc2n1. The van der Waals surface area contributed by atoms with Crippen molar-refractivity contribution in [2.75, 3.05) is 7.11 Å². The number of carbonyl (C=O) groups excluding carboxylic acids is 1. The van der Waals surface area contributed by atoms with Crippen molar-refractivity contribution in [1.82, 2.24) is 4.98 Å². The number of esters is 1. The number of methoxy groups -OCH3 is 1. The van der Waals surface area contributed by atoms with Crippen molar-refractivity contribution in [2.24, 2.45) is 0 Å². The summed E-state index contributed by atoms with van der Waals surface area (Å²) in [5, 5.41) is 0.968. The quantitative estimate of drug-likeness (QED) is 0.793. The van der Waals surface area contributed by atoms with Gasteiger partial charge in [0.25, 0.3) is 0 Å².